The number of unbranched alkanes of at least 4 members (excludes halogenated alkanes) is 10. The summed E-state index contributed by atoms with van der Waals surface area (Å²) in [6.45, 7) is 4.63. The summed E-state index contributed by atoms with van der Waals surface area (Å²) in [4.78, 5) is 11.9. The molecule has 0 aliphatic rings. The van der Waals surface area contributed by atoms with Crippen LogP contribution in [0.15, 0.2) is 0 Å². The molecular weight excluding hydrogens is 495 g/mol. The molecule has 34 heavy (non-hydrogen) atoms. The van der Waals surface area contributed by atoms with Crippen LogP contribution < -0.4 is 0 Å². The van der Waals surface area contributed by atoms with Gasteiger partial charge >= 0.3 is 23.9 Å². The third kappa shape index (κ3) is 10.8. The summed E-state index contributed by atoms with van der Waals surface area (Å²) in [6, 6.07) is -0.895. The minimum Gasteiger partial charge on any atom is -0.520 e. The molecule has 0 bridgehead atoms. The second-order valence-corrected chi connectivity index (χ2v) is 13.6. The van der Waals surface area contributed by atoms with Gasteiger partial charge in [0.1, 0.15) is 0 Å². The Labute approximate surface area is 197 Å². The van der Waals surface area contributed by atoms with Gasteiger partial charge in [-0.25, -0.2) is 0 Å². The molecule has 0 unspecified atom stereocenters. The van der Waals surface area contributed by atoms with Crippen LogP contribution in [0, 0.1) is 0 Å². The third-order valence-electron chi connectivity index (χ3n) is 5.63. The molecule has 0 aromatic carbocycles. The molecule has 0 aliphatic heterocycles. The van der Waals surface area contributed by atoms with Crippen molar-refractivity contribution in [1.82, 2.24) is 0 Å². The molecule has 0 amide bonds. The Bertz CT molecular complexity index is 593. The van der Waals surface area contributed by atoms with Gasteiger partial charge in [0.25, 0.3) is 5.97 Å². The van der Waals surface area contributed by atoms with Gasteiger partial charge < -0.3 is 4.43 Å². The minimum absolute atomic E-state index is 0.00779. The lowest BCUT2D eigenvalue weighted by atomic mass is 10.0. The molecule has 0 atom stereocenters. The third-order valence-corrected chi connectivity index (χ3v) is 7.86. The topological polar surface area (TPSA) is 26.3 Å². The van der Waals surface area contributed by atoms with E-state index in [1.54, 1.807) is 0 Å². The fraction of sp³-hybridized carbons (Fsp3) is 0.955. The Balaban J connectivity index is 4.35. The van der Waals surface area contributed by atoms with E-state index in [4.69, 9.17) is 4.43 Å². The molecule has 0 aromatic rings. The fourth-order valence-corrected chi connectivity index (χ4v) is 5.10. The Morgan fingerprint density at radius 3 is 1.50 bits per heavy atom. The van der Waals surface area contributed by atoms with Crippen LogP contribution in [-0.2, 0) is 9.22 Å². The first-order chi connectivity index (χ1) is 15.4. The standard InChI is InChI=1S/C22H37F9O2Si/c1-4-5-6-7-8-9-10-11-12-13-14-15-18(32)33-34(2,3)17-16-19(23,24)20(25,26)21(27,28)22(29,30)31/h4-17H2,1-3H3. The molecule has 0 spiro atoms. The maximum Gasteiger partial charge on any atom is 0.460 e. The van der Waals surface area contributed by atoms with Crippen molar-refractivity contribution in [3.63, 3.8) is 0 Å². The summed E-state index contributed by atoms with van der Waals surface area (Å²) < 4.78 is 122. The molecule has 0 aliphatic carbocycles. The summed E-state index contributed by atoms with van der Waals surface area (Å²) in [6.07, 6.45) is 2.76. The van der Waals surface area contributed by atoms with E-state index in [9.17, 15) is 44.3 Å². The van der Waals surface area contributed by atoms with Crippen LogP contribution in [0.2, 0.25) is 19.1 Å². The molecule has 0 radical (unpaired) electrons. The number of hydrogen-bond acceptors (Lipinski definition) is 2. The van der Waals surface area contributed by atoms with Gasteiger partial charge in [0.2, 0.25) is 8.32 Å². The smallest absolute Gasteiger partial charge is 0.460 e. The molecule has 2 nitrogen and oxygen atoms in total. The van der Waals surface area contributed by atoms with E-state index in [-0.39, 0.29) is 6.42 Å². The number of alkyl halides is 9. The molecule has 0 aromatic heterocycles. The normalized spacial score (nSPS) is 13.9. The van der Waals surface area contributed by atoms with Gasteiger partial charge in [-0.05, 0) is 25.6 Å². The predicted molar refractivity (Wildman–Crippen MR) is 115 cm³/mol. The fourth-order valence-electron chi connectivity index (χ4n) is 3.37. The highest BCUT2D eigenvalue weighted by atomic mass is 28.4. The first-order valence-electron chi connectivity index (χ1n) is 11.8. The van der Waals surface area contributed by atoms with E-state index < -0.39 is 50.7 Å². The lowest BCUT2D eigenvalue weighted by Crippen LogP contribution is -2.61. The molecule has 0 rings (SSSR count). The van der Waals surface area contributed by atoms with Crippen LogP contribution in [0.5, 0.6) is 0 Å². The van der Waals surface area contributed by atoms with Crippen LogP contribution in [0.4, 0.5) is 39.5 Å². The van der Waals surface area contributed by atoms with Gasteiger partial charge in [0, 0.05) is 12.8 Å². The van der Waals surface area contributed by atoms with E-state index in [1.165, 1.54) is 45.2 Å². The molecule has 0 N–H and O–H groups in total. The van der Waals surface area contributed by atoms with E-state index in [0.29, 0.717) is 6.42 Å². The number of carbonyl (C=O) groups is 1. The van der Waals surface area contributed by atoms with E-state index >= 15 is 0 Å². The summed E-state index contributed by atoms with van der Waals surface area (Å²) in [5, 5.41) is 0. The first kappa shape index (κ1) is 33.1. The van der Waals surface area contributed by atoms with Crippen molar-refractivity contribution in [3.05, 3.63) is 0 Å². The molecule has 0 fully saturated rings. The SMILES string of the molecule is CCCCCCCCCCCCCC(=O)O[Si](C)(C)CCC(F)(F)C(F)(F)C(F)(F)C(F)(F)F. The Hall–Kier alpha value is -0.943. The number of hydrogen-bond donors (Lipinski definition) is 0. The van der Waals surface area contributed by atoms with Crippen LogP contribution in [-0.4, -0.2) is 38.2 Å². The highest BCUT2D eigenvalue weighted by Gasteiger charge is 2.81. The minimum atomic E-state index is -6.90. The summed E-state index contributed by atoms with van der Waals surface area (Å²) in [5.41, 5.74) is 0. The van der Waals surface area contributed by atoms with Gasteiger partial charge in [-0.15, -0.1) is 0 Å². The van der Waals surface area contributed by atoms with Crippen LogP contribution in [0.3, 0.4) is 0 Å². The van der Waals surface area contributed by atoms with E-state index in [2.05, 4.69) is 6.92 Å². The van der Waals surface area contributed by atoms with Crippen molar-refractivity contribution in [3.8, 4) is 0 Å². The average molecular weight is 533 g/mol. The second-order valence-electron chi connectivity index (χ2n) is 9.37. The van der Waals surface area contributed by atoms with Gasteiger partial charge in [-0.3, -0.25) is 4.79 Å². The van der Waals surface area contributed by atoms with Crippen molar-refractivity contribution in [2.45, 2.75) is 133 Å². The quantitative estimate of drug-likeness (QED) is 0.0999. The van der Waals surface area contributed by atoms with Crippen molar-refractivity contribution < 1.29 is 48.7 Å². The zero-order valence-electron chi connectivity index (χ0n) is 20.1. The molecule has 204 valence electrons. The molecule has 0 saturated carbocycles. The van der Waals surface area contributed by atoms with Crippen molar-refractivity contribution in [2.75, 3.05) is 0 Å². The van der Waals surface area contributed by atoms with Crippen LogP contribution in [0.1, 0.15) is 90.4 Å². The maximum atomic E-state index is 13.7. The molecule has 0 saturated heterocycles. The van der Waals surface area contributed by atoms with Gasteiger partial charge in [0.15, 0.2) is 0 Å². The Kier molecular flexibility index (Phi) is 13.6. The maximum absolute atomic E-state index is 13.7. The molecular formula is C22H37F9O2Si. The molecule has 12 heteroatoms. The lowest BCUT2D eigenvalue weighted by Gasteiger charge is -2.34. The predicted octanol–water partition coefficient (Wildman–Crippen LogP) is 9.29. The van der Waals surface area contributed by atoms with Crippen molar-refractivity contribution >= 4 is 14.3 Å². The number of carbonyl (C=O) groups excluding carboxylic acids is 1. The Morgan fingerprint density at radius 1 is 0.676 bits per heavy atom. The Morgan fingerprint density at radius 2 is 1.09 bits per heavy atom. The lowest BCUT2D eigenvalue weighted by molar-refractivity contribution is -0.396. The second kappa shape index (κ2) is 14.0. The first-order valence-corrected chi connectivity index (χ1v) is 14.9. The van der Waals surface area contributed by atoms with Gasteiger partial charge in [-0.2, -0.15) is 39.5 Å². The summed E-state index contributed by atoms with van der Waals surface area (Å²) in [7, 11) is -3.35. The molecule has 0 heterocycles. The zero-order valence-corrected chi connectivity index (χ0v) is 21.1. The summed E-state index contributed by atoms with van der Waals surface area (Å²) in [5.74, 6) is -19.9. The van der Waals surface area contributed by atoms with E-state index in [1.807, 2.05) is 0 Å². The van der Waals surface area contributed by atoms with Crippen LogP contribution >= 0.6 is 0 Å². The van der Waals surface area contributed by atoms with Crippen molar-refractivity contribution in [1.29, 1.82) is 0 Å². The largest absolute Gasteiger partial charge is 0.520 e. The zero-order chi connectivity index (χ0) is 26.7. The van der Waals surface area contributed by atoms with Gasteiger partial charge in [0.05, 0.1) is 0 Å². The van der Waals surface area contributed by atoms with Gasteiger partial charge in [-0.1, -0.05) is 71.1 Å². The highest BCUT2D eigenvalue weighted by Crippen LogP contribution is 2.54. The highest BCUT2D eigenvalue weighted by molar-refractivity contribution is 6.72. The van der Waals surface area contributed by atoms with E-state index in [0.717, 1.165) is 32.1 Å². The van der Waals surface area contributed by atoms with Crippen molar-refractivity contribution in [2.24, 2.45) is 0 Å². The number of halogens is 9. The number of rotatable bonds is 18. The average Bonchev–Trinajstić information content (AvgIpc) is 2.69. The summed E-state index contributed by atoms with van der Waals surface area (Å²) >= 11 is 0. The monoisotopic (exact) mass is 532 g/mol. The van der Waals surface area contributed by atoms with Crippen LogP contribution in [0.25, 0.3) is 0 Å².